The van der Waals surface area contributed by atoms with Crippen LogP contribution in [0.2, 0.25) is 0 Å². The number of nitrogen functional groups attached to an aromatic ring is 1. The van der Waals surface area contributed by atoms with Crippen LogP contribution in [0.5, 0.6) is 0 Å². The Bertz CT molecular complexity index is 593. The summed E-state index contributed by atoms with van der Waals surface area (Å²) < 4.78 is 27.5. The number of nitrogens with two attached hydrogens (primary N) is 1. The Kier molecular flexibility index (Phi) is 4.47. The number of rotatable bonds is 3. The molecule has 1 aromatic carbocycles. The van der Waals surface area contributed by atoms with Gasteiger partial charge in [0.1, 0.15) is 0 Å². The smallest absolute Gasteiger partial charge is 0.244 e. The zero-order valence-electron chi connectivity index (χ0n) is 11.9. The minimum Gasteiger partial charge on any atom is -0.399 e. The van der Waals surface area contributed by atoms with Gasteiger partial charge < -0.3 is 5.73 Å². The van der Waals surface area contributed by atoms with E-state index in [1.165, 1.54) is 0 Å². The number of benzene rings is 1. The van der Waals surface area contributed by atoms with Crippen molar-refractivity contribution in [3.63, 3.8) is 0 Å². The Morgan fingerprint density at radius 3 is 2.45 bits per heavy atom. The highest BCUT2D eigenvalue weighted by Crippen LogP contribution is 2.36. The van der Waals surface area contributed by atoms with Crippen LogP contribution in [-0.2, 0) is 10.0 Å². The zero-order chi connectivity index (χ0) is 15.0. The van der Waals surface area contributed by atoms with E-state index in [1.54, 1.807) is 22.5 Å². The third-order valence-corrected chi connectivity index (χ3v) is 7.23. The van der Waals surface area contributed by atoms with E-state index in [2.05, 4.69) is 29.8 Å². The first-order valence-electron chi connectivity index (χ1n) is 6.84. The lowest BCUT2D eigenvalue weighted by atomic mass is 9.79. The highest BCUT2D eigenvalue weighted by Gasteiger charge is 2.35. The Morgan fingerprint density at radius 2 is 1.95 bits per heavy atom. The normalized spacial score (nSPS) is 19.9. The van der Waals surface area contributed by atoms with Crippen molar-refractivity contribution in [2.24, 2.45) is 5.41 Å². The van der Waals surface area contributed by atoms with Crippen LogP contribution in [0, 0.1) is 5.41 Å². The van der Waals surface area contributed by atoms with Gasteiger partial charge in [-0.2, -0.15) is 4.31 Å². The van der Waals surface area contributed by atoms with Crippen LogP contribution in [0.25, 0.3) is 0 Å². The maximum Gasteiger partial charge on any atom is 0.244 e. The molecular weight excluding hydrogens is 340 g/mol. The van der Waals surface area contributed by atoms with Gasteiger partial charge in [0.05, 0.1) is 4.90 Å². The van der Waals surface area contributed by atoms with Crippen molar-refractivity contribution in [1.82, 2.24) is 4.31 Å². The summed E-state index contributed by atoms with van der Waals surface area (Å²) >= 11 is 3.30. The van der Waals surface area contributed by atoms with Gasteiger partial charge in [-0.25, -0.2) is 8.42 Å². The van der Waals surface area contributed by atoms with Crippen LogP contribution in [0.1, 0.15) is 33.1 Å². The average Bonchev–Trinajstić information content (AvgIpc) is 2.39. The summed E-state index contributed by atoms with van der Waals surface area (Å²) in [5, 5.41) is 0. The SMILES string of the molecule is CCC1(C)CCN(S(=O)(=O)c2ccc(N)cc2Br)CC1. The van der Waals surface area contributed by atoms with Crippen molar-refractivity contribution >= 4 is 31.6 Å². The molecule has 0 unspecified atom stereocenters. The summed E-state index contributed by atoms with van der Waals surface area (Å²) in [5.74, 6) is 0. The summed E-state index contributed by atoms with van der Waals surface area (Å²) in [6.45, 7) is 5.57. The number of piperidine rings is 1. The molecule has 1 fully saturated rings. The largest absolute Gasteiger partial charge is 0.399 e. The van der Waals surface area contributed by atoms with Crippen molar-refractivity contribution in [3.8, 4) is 0 Å². The second-order valence-electron chi connectivity index (χ2n) is 5.76. The Hall–Kier alpha value is -0.590. The minimum absolute atomic E-state index is 0.268. The van der Waals surface area contributed by atoms with E-state index in [9.17, 15) is 8.42 Å². The van der Waals surface area contributed by atoms with Crippen LogP contribution in [0.4, 0.5) is 5.69 Å². The van der Waals surface area contributed by atoms with Crippen LogP contribution in [0.3, 0.4) is 0 Å². The predicted octanol–water partition coefficient (Wildman–Crippen LogP) is 3.23. The van der Waals surface area contributed by atoms with Crippen LogP contribution in [0.15, 0.2) is 27.6 Å². The van der Waals surface area contributed by atoms with Gasteiger partial charge in [-0.15, -0.1) is 0 Å². The fraction of sp³-hybridized carbons (Fsp3) is 0.571. The first-order valence-corrected chi connectivity index (χ1v) is 9.07. The lowest BCUT2D eigenvalue weighted by Crippen LogP contribution is -2.41. The molecule has 4 nitrogen and oxygen atoms in total. The number of nitrogens with zero attached hydrogens (tertiary/aromatic N) is 1. The Labute approximate surface area is 129 Å². The fourth-order valence-corrected chi connectivity index (χ4v) is 4.98. The Balaban J connectivity index is 2.24. The average molecular weight is 361 g/mol. The van der Waals surface area contributed by atoms with E-state index in [0.29, 0.717) is 28.1 Å². The molecule has 0 atom stereocenters. The minimum atomic E-state index is -3.44. The molecule has 1 saturated heterocycles. The van der Waals surface area contributed by atoms with Crippen LogP contribution >= 0.6 is 15.9 Å². The van der Waals surface area contributed by atoms with Crippen molar-refractivity contribution in [2.45, 2.75) is 38.0 Å². The van der Waals surface area contributed by atoms with Crippen molar-refractivity contribution in [2.75, 3.05) is 18.8 Å². The molecule has 0 spiro atoms. The molecule has 112 valence electrons. The molecule has 1 aliphatic rings. The first-order chi connectivity index (χ1) is 9.28. The monoisotopic (exact) mass is 360 g/mol. The van der Waals surface area contributed by atoms with E-state index in [-0.39, 0.29) is 5.41 Å². The molecule has 1 aromatic rings. The van der Waals surface area contributed by atoms with E-state index in [0.717, 1.165) is 19.3 Å². The van der Waals surface area contributed by atoms with Crippen LogP contribution in [-0.4, -0.2) is 25.8 Å². The second kappa shape index (κ2) is 5.66. The number of sulfonamides is 1. The van der Waals surface area contributed by atoms with Gasteiger partial charge in [0.2, 0.25) is 10.0 Å². The lowest BCUT2D eigenvalue weighted by Gasteiger charge is -2.38. The number of halogens is 1. The number of hydrogen-bond acceptors (Lipinski definition) is 3. The summed E-state index contributed by atoms with van der Waals surface area (Å²) in [6.07, 6.45) is 2.91. The zero-order valence-corrected chi connectivity index (χ0v) is 14.3. The van der Waals surface area contributed by atoms with Crippen molar-refractivity contribution in [1.29, 1.82) is 0 Å². The fourth-order valence-electron chi connectivity index (χ4n) is 2.49. The standard InChI is InChI=1S/C14H21BrN2O2S/c1-3-14(2)6-8-17(9-7-14)20(18,19)13-5-4-11(16)10-12(13)15/h4-5,10H,3,6-9,16H2,1-2H3. The Morgan fingerprint density at radius 1 is 1.35 bits per heavy atom. The van der Waals surface area contributed by atoms with Gasteiger partial charge in [0.15, 0.2) is 0 Å². The molecule has 1 aliphatic heterocycles. The molecule has 0 saturated carbocycles. The van der Waals surface area contributed by atoms with Crippen molar-refractivity contribution < 1.29 is 8.42 Å². The maximum atomic E-state index is 12.7. The van der Waals surface area contributed by atoms with Gasteiger partial charge in [0.25, 0.3) is 0 Å². The van der Waals surface area contributed by atoms with E-state index in [1.807, 2.05) is 0 Å². The van der Waals surface area contributed by atoms with Crippen LogP contribution < -0.4 is 5.73 Å². The topological polar surface area (TPSA) is 63.4 Å². The number of hydrogen-bond donors (Lipinski definition) is 1. The number of anilines is 1. The lowest BCUT2D eigenvalue weighted by molar-refractivity contribution is 0.169. The first kappa shape index (κ1) is 15.8. The molecule has 0 amide bonds. The van der Waals surface area contributed by atoms with Crippen molar-refractivity contribution in [3.05, 3.63) is 22.7 Å². The highest BCUT2D eigenvalue weighted by molar-refractivity contribution is 9.10. The molecule has 0 radical (unpaired) electrons. The molecule has 6 heteroatoms. The molecule has 20 heavy (non-hydrogen) atoms. The highest BCUT2D eigenvalue weighted by atomic mass is 79.9. The maximum absolute atomic E-state index is 12.7. The quantitative estimate of drug-likeness (QED) is 0.841. The molecule has 0 bridgehead atoms. The van der Waals surface area contributed by atoms with E-state index < -0.39 is 10.0 Å². The molecule has 0 aromatic heterocycles. The third kappa shape index (κ3) is 3.02. The molecule has 0 aliphatic carbocycles. The van der Waals surface area contributed by atoms with Gasteiger partial charge in [-0.05, 0) is 52.4 Å². The molecule has 1 heterocycles. The predicted molar refractivity (Wildman–Crippen MR) is 84.9 cm³/mol. The summed E-state index contributed by atoms with van der Waals surface area (Å²) in [4.78, 5) is 0.298. The van der Waals surface area contributed by atoms with Gasteiger partial charge >= 0.3 is 0 Å². The van der Waals surface area contributed by atoms with E-state index in [4.69, 9.17) is 5.73 Å². The molecule has 2 N–H and O–H groups in total. The van der Waals surface area contributed by atoms with Gasteiger partial charge in [-0.3, -0.25) is 0 Å². The summed E-state index contributed by atoms with van der Waals surface area (Å²) in [6, 6.07) is 4.83. The molecule has 2 rings (SSSR count). The van der Waals surface area contributed by atoms with Gasteiger partial charge in [-0.1, -0.05) is 20.3 Å². The third-order valence-electron chi connectivity index (χ3n) is 4.36. The van der Waals surface area contributed by atoms with E-state index >= 15 is 0 Å². The summed E-state index contributed by atoms with van der Waals surface area (Å²) in [5.41, 5.74) is 6.48. The molecular formula is C14H21BrN2O2S. The second-order valence-corrected chi connectivity index (χ2v) is 8.52. The van der Waals surface area contributed by atoms with Gasteiger partial charge in [0, 0.05) is 23.2 Å². The summed E-state index contributed by atoms with van der Waals surface area (Å²) in [7, 11) is -3.44.